The Bertz CT molecular complexity index is 725. The van der Waals surface area contributed by atoms with Crippen LogP contribution in [0.2, 0.25) is 0 Å². The van der Waals surface area contributed by atoms with Crippen LogP contribution in [0.15, 0.2) is 60.8 Å². The van der Waals surface area contributed by atoms with Crippen molar-refractivity contribution in [2.45, 2.75) is 6.61 Å². The fraction of sp³-hybridized carbons (Fsp3) is 0.0588. The quantitative estimate of drug-likeness (QED) is 0.751. The minimum absolute atomic E-state index is 0.0624. The molecule has 0 aliphatic heterocycles. The van der Waals surface area contributed by atoms with Crippen LogP contribution in [0.5, 0.6) is 0 Å². The Labute approximate surface area is 112 Å². The zero-order valence-corrected chi connectivity index (χ0v) is 10.5. The van der Waals surface area contributed by atoms with Gasteiger partial charge in [0.2, 0.25) is 0 Å². The molecule has 1 heterocycles. The maximum Gasteiger partial charge on any atom is 0.0687 e. The number of nitrogens with zero attached hydrogens (tertiary/aromatic N) is 1. The lowest BCUT2D eigenvalue weighted by molar-refractivity contribution is 0.281. The summed E-state index contributed by atoms with van der Waals surface area (Å²) in [6, 6.07) is 18.2. The average molecular weight is 249 g/mol. The second kappa shape index (κ2) is 5.12. The van der Waals surface area contributed by atoms with E-state index in [1.54, 1.807) is 0 Å². The molecule has 2 nitrogen and oxygen atoms in total. The van der Waals surface area contributed by atoms with Crippen molar-refractivity contribution in [3.05, 3.63) is 71.9 Å². The number of benzene rings is 2. The molecule has 0 aliphatic carbocycles. The second-order valence-corrected chi connectivity index (χ2v) is 4.45. The van der Waals surface area contributed by atoms with E-state index in [4.69, 9.17) is 0 Å². The van der Waals surface area contributed by atoms with Crippen molar-refractivity contribution in [3.63, 3.8) is 0 Å². The van der Waals surface area contributed by atoms with E-state index in [9.17, 15) is 5.11 Å². The predicted octanol–water partition coefficient (Wildman–Crippen LogP) is 3.76. The highest BCUT2D eigenvalue weighted by Gasteiger charge is 1.98. The average Bonchev–Trinajstić information content (AvgIpc) is 2.89. The van der Waals surface area contributed by atoms with Gasteiger partial charge < -0.3 is 9.67 Å². The number of aliphatic hydroxyl groups is 1. The summed E-state index contributed by atoms with van der Waals surface area (Å²) in [5, 5.41) is 10.5. The molecule has 0 radical (unpaired) electrons. The van der Waals surface area contributed by atoms with Crippen LogP contribution in [0.4, 0.5) is 0 Å². The van der Waals surface area contributed by atoms with Crippen LogP contribution in [-0.2, 0) is 6.61 Å². The van der Waals surface area contributed by atoms with Gasteiger partial charge in [-0.1, -0.05) is 42.5 Å². The normalized spacial score (nSPS) is 11.4. The van der Waals surface area contributed by atoms with Gasteiger partial charge in [0.05, 0.1) is 12.1 Å². The van der Waals surface area contributed by atoms with E-state index in [2.05, 4.69) is 22.8 Å². The SMILES string of the molecule is OCc1ccccc1C=Cn1ccc2ccccc21. The Morgan fingerprint density at radius 1 is 0.947 bits per heavy atom. The van der Waals surface area contributed by atoms with Gasteiger partial charge in [0, 0.05) is 12.4 Å². The van der Waals surface area contributed by atoms with Crippen molar-refractivity contribution < 1.29 is 5.11 Å². The number of para-hydroxylation sites is 1. The van der Waals surface area contributed by atoms with Crippen LogP contribution in [0.25, 0.3) is 23.2 Å². The summed E-state index contributed by atoms with van der Waals surface area (Å²) in [7, 11) is 0. The van der Waals surface area contributed by atoms with E-state index in [0.717, 1.165) is 11.1 Å². The summed E-state index contributed by atoms with van der Waals surface area (Å²) in [5.41, 5.74) is 3.17. The van der Waals surface area contributed by atoms with E-state index in [0.29, 0.717) is 0 Å². The van der Waals surface area contributed by atoms with Crippen LogP contribution in [-0.4, -0.2) is 9.67 Å². The summed E-state index contributed by atoms with van der Waals surface area (Å²) in [6.07, 6.45) is 6.09. The topological polar surface area (TPSA) is 25.2 Å². The lowest BCUT2D eigenvalue weighted by atomic mass is 10.1. The van der Waals surface area contributed by atoms with Gasteiger partial charge in [-0.25, -0.2) is 0 Å². The first-order valence-corrected chi connectivity index (χ1v) is 6.31. The molecule has 0 spiro atoms. The van der Waals surface area contributed by atoms with Gasteiger partial charge in [-0.2, -0.15) is 0 Å². The molecule has 0 unspecified atom stereocenters. The number of aliphatic hydroxyl groups excluding tert-OH is 1. The highest BCUT2D eigenvalue weighted by molar-refractivity contribution is 5.83. The van der Waals surface area contributed by atoms with Crippen molar-refractivity contribution >= 4 is 23.2 Å². The molecular formula is C17H15NO. The van der Waals surface area contributed by atoms with Crippen molar-refractivity contribution in [2.75, 3.05) is 0 Å². The molecule has 0 atom stereocenters. The molecule has 0 bridgehead atoms. The molecule has 1 N–H and O–H groups in total. The second-order valence-electron chi connectivity index (χ2n) is 4.45. The third-order valence-electron chi connectivity index (χ3n) is 3.27. The lowest BCUT2D eigenvalue weighted by Gasteiger charge is -2.02. The first-order chi connectivity index (χ1) is 9.38. The van der Waals surface area contributed by atoms with Gasteiger partial charge in [0.25, 0.3) is 0 Å². The maximum atomic E-state index is 9.31. The van der Waals surface area contributed by atoms with Crippen molar-refractivity contribution in [1.82, 2.24) is 4.57 Å². The molecule has 3 rings (SSSR count). The fourth-order valence-electron chi connectivity index (χ4n) is 2.24. The van der Waals surface area contributed by atoms with Crippen molar-refractivity contribution in [1.29, 1.82) is 0 Å². The zero-order valence-electron chi connectivity index (χ0n) is 10.5. The predicted molar refractivity (Wildman–Crippen MR) is 79.5 cm³/mol. The molecule has 0 saturated heterocycles. The number of fused-ring (bicyclic) bond motifs is 1. The van der Waals surface area contributed by atoms with E-state index < -0.39 is 0 Å². The molecular weight excluding hydrogens is 234 g/mol. The standard InChI is InChI=1S/C17H15NO/c19-13-16-7-2-1-5-14(16)9-11-18-12-10-15-6-3-4-8-17(15)18/h1-12,19H,13H2. The number of hydrogen-bond acceptors (Lipinski definition) is 1. The summed E-state index contributed by atoms with van der Waals surface area (Å²) >= 11 is 0. The van der Waals surface area contributed by atoms with Gasteiger partial charge >= 0.3 is 0 Å². The van der Waals surface area contributed by atoms with Crippen LogP contribution in [0, 0.1) is 0 Å². The van der Waals surface area contributed by atoms with Crippen LogP contribution < -0.4 is 0 Å². The minimum Gasteiger partial charge on any atom is -0.392 e. The number of hydrogen-bond donors (Lipinski definition) is 1. The lowest BCUT2D eigenvalue weighted by Crippen LogP contribution is -1.88. The van der Waals surface area contributed by atoms with Crippen LogP contribution in [0.3, 0.4) is 0 Å². The summed E-state index contributed by atoms with van der Waals surface area (Å²) in [6.45, 7) is 0.0624. The molecule has 0 fully saturated rings. The molecule has 19 heavy (non-hydrogen) atoms. The van der Waals surface area contributed by atoms with Gasteiger partial charge in [-0.15, -0.1) is 0 Å². The first-order valence-electron chi connectivity index (χ1n) is 6.31. The van der Waals surface area contributed by atoms with Crippen molar-refractivity contribution in [2.24, 2.45) is 0 Å². The van der Waals surface area contributed by atoms with E-state index in [1.807, 2.05) is 54.9 Å². The molecule has 94 valence electrons. The summed E-state index contributed by atoms with van der Waals surface area (Å²) < 4.78 is 2.09. The van der Waals surface area contributed by atoms with E-state index in [1.165, 1.54) is 10.9 Å². The highest BCUT2D eigenvalue weighted by atomic mass is 16.3. The van der Waals surface area contributed by atoms with Crippen LogP contribution >= 0.6 is 0 Å². The maximum absolute atomic E-state index is 9.31. The minimum atomic E-state index is 0.0624. The smallest absolute Gasteiger partial charge is 0.0687 e. The van der Waals surface area contributed by atoms with Crippen molar-refractivity contribution in [3.8, 4) is 0 Å². The number of aromatic nitrogens is 1. The number of rotatable bonds is 3. The van der Waals surface area contributed by atoms with Crippen LogP contribution in [0.1, 0.15) is 11.1 Å². The first kappa shape index (κ1) is 11.8. The van der Waals surface area contributed by atoms with E-state index >= 15 is 0 Å². The molecule has 0 saturated carbocycles. The van der Waals surface area contributed by atoms with Gasteiger partial charge in [-0.05, 0) is 34.7 Å². The molecule has 0 aliphatic rings. The van der Waals surface area contributed by atoms with Gasteiger partial charge in [0.15, 0.2) is 0 Å². The fourth-order valence-corrected chi connectivity index (χ4v) is 2.24. The Morgan fingerprint density at radius 3 is 2.63 bits per heavy atom. The summed E-state index contributed by atoms with van der Waals surface area (Å²) in [4.78, 5) is 0. The highest BCUT2D eigenvalue weighted by Crippen LogP contribution is 2.17. The van der Waals surface area contributed by atoms with E-state index in [-0.39, 0.29) is 6.61 Å². The van der Waals surface area contributed by atoms with Gasteiger partial charge in [-0.3, -0.25) is 0 Å². The largest absolute Gasteiger partial charge is 0.392 e. The third-order valence-corrected chi connectivity index (χ3v) is 3.27. The summed E-state index contributed by atoms with van der Waals surface area (Å²) in [5.74, 6) is 0. The molecule has 2 aromatic carbocycles. The monoisotopic (exact) mass is 249 g/mol. The molecule has 3 aromatic rings. The Morgan fingerprint density at radius 2 is 1.74 bits per heavy atom. The molecule has 1 aromatic heterocycles. The van der Waals surface area contributed by atoms with Gasteiger partial charge in [0.1, 0.15) is 0 Å². The zero-order chi connectivity index (χ0) is 13.1. The Balaban J connectivity index is 1.98. The molecule has 0 amide bonds. The third kappa shape index (κ3) is 2.30. The Kier molecular flexibility index (Phi) is 3.17. The molecule has 2 heteroatoms. The Hall–Kier alpha value is -2.32.